The minimum Gasteiger partial charge on any atom is -0.378 e. The van der Waals surface area contributed by atoms with Gasteiger partial charge in [0.1, 0.15) is 0 Å². The van der Waals surface area contributed by atoms with Gasteiger partial charge in [0.2, 0.25) is 6.41 Å². The van der Waals surface area contributed by atoms with E-state index >= 15 is 0 Å². The van der Waals surface area contributed by atoms with Gasteiger partial charge in [0.25, 0.3) is 0 Å². The zero-order valence-electron chi connectivity index (χ0n) is 13.0. The third-order valence-electron chi connectivity index (χ3n) is 4.60. The molecule has 1 amide bonds. The lowest BCUT2D eigenvalue weighted by Gasteiger charge is -2.32. The van der Waals surface area contributed by atoms with Gasteiger partial charge in [0.05, 0.1) is 13.2 Å². The first-order valence-electron chi connectivity index (χ1n) is 8.20. The fourth-order valence-electron chi connectivity index (χ4n) is 3.24. The fourth-order valence-corrected chi connectivity index (χ4v) is 3.24. The fraction of sp³-hybridized carbons (Fsp3) is 0.588. The Morgan fingerprint density at radius 1 is 1.14 bits per heavy atom. The number of piperidine rings is 1. The zero-order valence-corrected chi connectivity index (χ0v) is 13.0. The van der Waals surface area contributed by atoms with Crippen molar-refractivity contribution in [3.05, 3.63) is 29.8 Å². The van der Waals surface area contributed by atoms with Gasteiger partial charge in [-0.3, -0.25) is 4.79 Å². The van der Waals surface area contributed by atoms with Gasteiger partial charge in [0, 0.05) is 44.5 Å². The third-order valence-corrected chi connectivity index (χ3v) is 4.60. The molecule has 5 heteroatoms. The topological polar surface area (TPSA) is 44.8 Å². The van der Waals surface area contributed by atoms with Crippen LogP contribution in [0.4, 0.5) is 5.69 Å². The third kappa shape index (κ3) is 3.78. The van der Waals surface area contributed by atoms with Gasteiger partial charge < -0.3 is 19.9 Å². The van der Waals surface area contributed by atoms with E-state index in [0.717, 1.165) is 65.2 Å². The summed E-state index contributed by atoms with van der Waals surface area (Å²) in [5, 5.41) is 3.66. The van der Waals surface area contributed by atoms with Crippen molar-refractivity contribution in [3.8, 4) is 0 Å². The van der Waals surface area contributed by atoms with E-state index in [1.54, 1.807) is 0 Å². The highest BCUT2D eigenvalue weighted by Gasteiger charge is 2.19. The first-order valence-corrected chi connectivity index (χ1v) is 8.20. The van der Waals surface area contributed by atoms with Crippen LogP contribution in [0, 0.1) is 0 Å². The summed E-state index contributed by atoms with van der Waals surface area (Å²) in [6.07, 6.45) is 3.04. The van der Waals surface area contributed by atoms with E-state index in [2.05, 4.69) is 34.5 Å². The van der Waals surface area contributed by atoms with Crippen molar-refractivity contribution in [2.45, 2.75) is 25.4 Å². The highest BCUT2D eigenvalue weighted by molar-refractivity contribution is 5.54. The predicted molar refractivity (Wildman–Crippen MR) is 87.0 cm³/mol. The monoisotopic (exact) mass is 303 g/mol. The van der Waals surface area contributed by atoms with Crippen molar-refractivity contribution >= 4 is 12.1 Å². The first-order chi connectivity index (χ1) is 10.9. The summed E-state index contributed by atoms with van der Waals surface area (Å²) in [5.41, 5.74) is 2.67. The van der Waals surface area contributed by atoms with Gasteiger partial charge in [-0.15, -0.1) is 0 Å². The van der Waals surface area contributed by atoms with Crippen LogP contribution in [-0.2, 0) is 16.1 Å². The second kappa shape index (κ2) is 7.61. The van der Waals surface area contributed by atoms with E-state index in [9.17, 15) is 4.79 Å². The maximum Gasteiger partial charge on any atom is 0.209 e. The number of anilines is 1. The number of likely N-dealkylation sites (tertiary alicyclic amines) is 1. The average molecular weight is 303 g/mol. The van der Waals surface area contributed by atoms with Crippen molar-refractivity contribution in [1.29, 1.82) is 0 Å². The summed E-state index contributed by atoms with van der Waals surface area (Å²) in [6.45, 7) is 6.18. The summed E-state index contributed by atoms with van der Waals surface area (Å²) in [5.74, 6) is 0. The van der Waals surface area contributed by atoms with E-state index in [-0.39, 0.29) is 0 Å². The van der Waals surface area contributed by atoms with Crippen LogP contribution in [0.25, 0.3) is 0 Å². The van der Waals surface area contributed by atoms with Crippen LogP contribution in [0.3, 0.4) is 0 Å². The smallest absolute Gasteiger partial charge is 0.209 e. The van der Waals surface area contributed by atoms with Crippen molar-refractivity contribution < 1.29 is 9.53 Å². The van der Waals surface area contributed by atoms with Gasteiger partial charge in [-0.05, 0) is 24.5 Å². The number of hydrogen-bond donors (Lipinski definition) is 1. The van der Waals surface area contributed by atoms with Crippen molar-refractivity contribution in [2.24, 2.45) is 0 Å². The molecule has 0 bridgehead atoms. The lowest BCUT2D eigenvalue weighted by Crippen LogP contribution is -2.42. The van der Waals surface area contributed by atoms with Crippen LogP contribution in [0.1, 0.15) is 18.4 Å². The largest absolute Gasteiger partial charge is 0.378 e. The Bertz CT molecular complexity index is 481. The summed E-state index contributed by atoms with van der Waals surface area (Å²) in [6, 6.07) is 9.14. The molecule has 3 rings (SSSR count). The normalized spacial score (nSPS) is 20.2. The number of amides is 1. The van der Waals surface area contributed by atoms with Crippen LogP contribution < -0.4 is 10.2 Å². The highest BCUT2D eigenvalue weighted by atomic mass is 16.5. The van der Waals surface area contributed by atoms with Crippen molar-refractivity contribution in [2.75, 3.05) is 44.3 Å². The van der Waals surface area contributed by atoms with E-state index in [0.29, 0.717) is 6.04 Å². The Labute approximate surface area is 132 Å². The molecule has 120 valence electrons. The molecular weight excluding hydrogens is 278 g/mol. The number of nitrogens with one attached hydrogen (secondary N) is 1. The van der Waals surface area contributed by atoms with Crippen LogP contribution in [0.15, 0.2) is 24.3 Å². The lowest BCUT2D eigenvalue weighted by molar-refractivity contribution is -0.119. The summed E-state index contributed by atoms with van der Waals surface area (Å²) < 4.78 is 5.45. The van der Waals surface area contributed by atoms with Crippen LogP contribution in [0.5, 0.6) is 0 Å². The zero-order chi connectivity index (χ0) is 15.2. The van der Waals surface area contributed by atoms with Gasteiger partial charge in [-0.25, -0.2) is 0 Å². The summed E-state index contributed by atoms with van der Waals surface area (Å²) in [7, 11) is 0. The Balaban J connectivity index is 1.57. The Kier molecular flexibility index (Phi) is 5.29. The van der Waals surface area contributed by atoms with Gasteiger partial charge in [-0.2, -0.15) is 0 Å². The summed E-state index contributed by atoms with van der Waals surface area (Å²) >= 11 is 0. The number of para-hydroxylation sites is 1. The number of carbonyl (C=O) groups is 1. The minimum absolute atomic E-state index is 0.508. The molecule has 1 N–H and O–H groups in total. The van der Waals surface area contributed by atoms with Crippen LogP contribution in [-0.4, -0.2) is 56.7 Å². The molecule has 2 fully saturated rings. The highest BCUT2D eigenvalue weighted by Crippen LogP contribution is 2.22. The quantitative estimate of drug-likeness (QED) is 0.831. The maximum atomic E-state index is 10.8. The number of morpholine rings is 1. The molecule has 2 saturated heterocycles. The second-order valence-electron chi connectivity index (χ2n) is 6.02. The molecule has 0 spiro atoms. The summed E-state index contributed by atoms with van der Waals surface area (Å²) in [4.78, 5) is 15.0. The molecule has 0 atom stereocenters. The number of nitrogens with zero attached hydrogens (tertiary/aromatic N) is 2. The minimum atomic E-state index is 0.508. The molecule has 0 aliphatic carbocycles. The SMILES string of the molecule is O=CN1CCC(NCc2ccccc2N2CCOCC2)CC1. The Hall–Kier alpha value is -1.59. The van der Waals surface area contributed by atoms with Crippen molar-refractivity contribution in [3.63, 3.8) is 0 Å². The molecule has 2 aliphatic heterocycles. The van der Waals surface area contributed by atoms with E-state index in [1.165, 1.54) is 11.3 Å². The van der Waals surface area contributed by atoms with E-state index in [1.807, 2.05) is 4.90 Å². The second-order valence-corrected chi connectivity index (χ2v) is 6.02. The molecule has 1 aromatic rings. The molecular formula is C17H25N3O2. The van der Waals surface area contributed by atoms with Crippen LogP contribution >= 0.6 is 0 Å². The molecule has 2 heterocycles. The van der Waals surface area contributed by atoms with Gasteiger partial charge >= 0.3 is 0 Å². The molecule has 1 aromatic carbocycles. The molecule has 0 unspecified atom stereocenters. The van der Waals surface area contributed by atoms with Gasteiger partial charge in [-0.1, -0.05) is 18.2 Å². The standard InChI is InChI=1S/C17H25N3O2/c21-14-19-7-5-16(6-8-19)18-13-15-3-1-2-4-17(15)20-9-11-22-12-10-20/h1-4,14,16,18H,5-13H2. The van der Waals surface area contributed by atoms with Crippen LogP contribution in [0.2, 0.25) is 0 Å². The average Bonchev–Trinajstić information content (AvgIpc) is 2.61. The molecule has 0 saturated carbocycles. The Morgan fingerprint density at radius 3 is 2.59 bits per heavy atom. The number of rotatable bonds is 5. The van der Waals surface area contributed by atoms with E-state index < -0.39 is 0 Å². The number of ether oxygens (including phenoxy) is 1. The number of hydrogen-bond acceptors (Lipinski definition) is 4. The molecule has 0 aromatic heterocycles. The molecule has 5 nitrogen and oxygen atoms in total. The van der Waals surface area contributed by atoms with Gasteiger partial charge in [0.15, 0.2) is 0 Å². The Morgan fingerprint density at radius 2 is 1.86 bits per heavy atom. The molecule has 22 heavy (non-hydrogen) atoms. The molecule has 0 radical (unpaired) electrons. The number of carbonyl (C=O) groups excluding carboxylic acids is 1. The van der Waals surface area contributed by atoms with E-state index in [4.69, 9.17) is 4.74 Å². The lowest BCUT2D eigenvalue weighted by atomic mass is 10.0. The predicted octanol–water partition coefficient (Wildman–Crippen LogP) is 1.23. The number of benzene rings is 1. The molecule has 2 aliphatic rings. The maximum absolute atomic E-state index is 10.8. The first kappa shape index (κ1) is 15.3. The van der Waals surface area contributed by atoms with Crippen molar-refractivity contribution in [1.82, 2.24) is 10.2 Å².